The molecular weight excluding hydrogens is 232 g/mol. The molecule has 0 amide bonds. The Hall–Kier alpha value is -2.24. The Morgan fingerprint density at radius 1 is 1.39 bits per heavy atom. The van der Waals surface area contributed by atoms with Crippen LogP contribution in [-0.2, 0) is 23.0 Å². The first kappa shape index (κ1) is 12.2. The highest BCUT2D eigenvalue weighted by molar-refractivity contribution is 5.69. The van der Waals surface area contributed by atoms with Crippen molar-refractivity contribution in [1.29, 1.82) is 0 Å². The predicted octanol–water partition coefficient (Wildman–Crippen LogP) is 0.983. The van der Waals surface area contributed by atoms with Crippen molar-refractivity contribution in [1.82, 2.24) is 19.7 Å². The molecule has 0 aliphatic carbocycles. The second-order valence-electron chi connectivity index (χ2n) is 3.79. The molecule has 0 aliphatic rings. The van der Waals surface area contributed by atoms with E-state index in [0.29, 0.717) is 12.2 Å². The zero-order chi connectivity index (χ0) is 13.0. The normalized spacial score (nSPS) is 10.3. The molecule has 0 radical (unpaired) electrons. The van der Waals surface area contributed by atoms with E-state index in [9.17, 15) is 4.79 Å². The van der Waals surface area contributed by atoms with Gasteiger partial charge in [-0.25, -0.2) is 9.67 Å². The van der Waals surface area contributed by atoms with Gasteiger partial charge in [0.1, 0.15) is 0 Å². The molecule has 0 N–H and O–H groups in total. The largest absolute Gasteiger partial charge is 0.469 e. The van der Waals surface area contributed by atoms with Crippen molar-refractivity contribution in [2.75, 3.05) is 7.11 Å². The summed E-state index contributed by atoms with van der Waals surface area (Å²) < 4.78 is 6.28. The maximum Gasteiger partial charge on any atom is 0.305 e. The summed E-state index contributed by atoms with van der Waals surface area (Å²) in [6, 6.07) is 3.74. The van der Waals surface area contributed by atoms with E-state index >= 15 is 0 Å². The molecule has 0 atom stereocenters. The number of hydrogen-bond acceptors (Lipinski definition) is 5. The van der Waals surface area contributed by atoms with E-state index in [1.165, 1.54) is 7.11 Å². The molecule has 18 heavy (non-hydrogen) atoms. The van der Waals surface area contributed by atoms with E-state index in [4.69, 9.17) is 0 Å². The first-order valence-electron chi connectivity index (χ1n) is 5.58. The van der Waals surface area contributed by atoms with Crippen molar-refractivity contribution in [3.05, 3.63) is 30.4 Å². The summed E-state index contributed by atoms with van der Waals surface area (Å²) in [5, 5.41) is 4.27. The summed E-state index contributed by atoms with van der Waals surface area (Å²) in [6.45, 7) is 0. The zero-order valence-corrected chi connectivity index (χ0v) is 10.3. The third-order valence-corrected chi connectivity index (χ3v) is 2.53. The van der Waals surface area contributed by atoms with Crippen LogP contribution in [-0.4, -0.2) is 32.8 Å². The maximum atomic E-state index is 11.1. The molecule has 2 aromatic heterocycles. The van der Waals surface area contributed by atoms with Crippen LogP contribution in [0.15, 0.2) is 24.5 Å². The van der Waals surface area contributed by atoms with Crippen LogP contribution in [0.2, 0.25) is 0 Å². The van der Waals surface area contributed by atoms with Crippen LogP contribution in [0.4, 0.5) is 0 Å². The molecule has 0 saturated heterocycles. The number of carbonyl (C=O) groups is 1. The van der Waals surface area contributed by atoms with Crippen LogP contribution in [0.25, 0.3) is 11.4 Å². The van der Waals surface area contributed by atoms with Gasteiger partial charge < -0.3 is 4.74 Å². The zero-order valence-electron chi connectivity index (χ0n) is 10.3. The van der Waals surface area contributed by atoms with Crippen LogP contribution < -0.4 is 0 Å². The van der Waals surface area contributed by atoms with Gasteiger partial charge in [-0.15, -0.1) is 0 Å². The van der Waals surface area contributed by atoms with Crippen LogP contribution in [0, 0.1) is 0 Å². The minimum Gasteiger partial charge on any atom is -0.469 e. The van der Waals surface area contributed by atoms with Gasteiger partial charge in [0.2, 0.25) is 0 Å². The Balaban J connectivity index is 2.15. The fourth-order valence-corrected chi connectivity index (χ4v) is 1.61. The van der Waals surface area contributed by atoms with Gasteiger partial charge in [-0.05, 0) is 12.1 Å². The lowest BCUT2D eigenvalue weighted by molar-refractivity contribution is -0.140. The quantitative estimate of drug-likeness (QED) is 0.752. The second kappa shape index (κ2) is 5.39. The molecule has 0 spiro atoms. The standard InChI is InChI=1S/C12H14N4O2/c1-16-12(9-5-7-13-8-6-9)14-10(15-16)3-4-11(17)18-2/h5-8H,3-4H2,1-2H3. The topological polar surface area (TPSA) is 69.9 Å². The number of esters is 1. The minimum atomic E-state index is -0.257. The highest BCUT2D eigenvalue weighted by Crippen LogP contribution is 2.15. The fraction of sp³-hybridized carbons (Fsp3) is 0.333. The number of methoxy groups -OCH3 is 1. The summed E-state index contributed by atoms with van der Waals surface area (Å²) in [7, 11) is 3.20. The van der Waals surface area contributed by atoms with Gasteiger partial charge in [0.25, 0.3) is 0 Å². The number of ether oxygens (including phenoxy) is 1. The molecule has 0 saturated carbocycles. The van der Waals surface area contributed by atoms with Gasteiger partial charge in [0.05, 0.1) is 13.5 Å². The Bertz CT molecular complexity index is 536. The number of carbonyl (C=O) groups excluding carboxylic acids is 1. The molecule has 6 nitrogen and oxygen atoms in total. The molecule has 6 heteroatoms. The summed E-state index contributed by atoms with van der Waals surface area (Å²) in [5.74, 6) is 1.14. The van der Waals surface area contributed by atoms with Gasteiger partial charge in [0.15, 0.2) is 11.6 Å². The minimum absolute atomic E-state index is 0.257. The van der Waals surface area contributed by atoms with E-state index in [2.05, 4.69) is 19.8 Å². The van der Waals surface area contributed by atoms with Crippen molar-refractivity contribution in [3.8, 4) is 11.4 Å². The number of aryl methyl sites for hydroxylation is 2. The van der Waals surface area contributed by atoms with Gasteiger partial charge in [-0.3, -0.25) is 9.78 Å². The molecule has 94 valence electrons. The molecule has 2 heterocycles. The smallest absolute Gasteiger partial charge is 0.305 e. The van der Waals surface area contributed by atoms with Crippen molar-refractivity contribution >= 4 is 5.97 Å². The molecule has 2 rings (SSSR count). The highest BCUT2D eigenvalue weighted by atomic mass is 16.5. The lowest BCUT2D eigenvalue weighted by Crippen LogP contribution is -2.03. The molecule has 2 aromatic rings. The van der Waals surface area contributed by atoms with Crippen molar-refractivity contribution in [3.63, 3.8) is 0 Å². The number of aromatic nitrogens is 4. The average Bonchev–Trinajstić information content (AvgIpc) is 2.78. The number of pyridine rings is 1. The molecular formula is C12H14N4O2. The van der Waals surface area contributed by atoms with E-state index in [-0.39, 0.29) is 12.4 Å². The van der Waals surface area contributed by atoms with Crippen LogP contribution in [0.5, 0.6) is 0 Å². The predicted molar refractivity (Wildman–Crippen MR) is 64.6 cm³/mol. The summed E-state index contributed by atoms with van der Waals surface area (Å²) in [6.07, 6.45) is 4.18. The molecule has 0 bridgehead atoms. The van der Waals surface area contributed by atoms with Crippen LogP contribution in [0.1, 0.15) is 12.2 Å². The second-order valence-corrected chi connectivity index (χ2v) is 3.79. The first-order chi connectivity index (χ1) is 8.70. The van der Waals surface area contributed by atoms with Crippen molar-refractivity contribution < 1.29 is 9.53 Å². The van der Waals surface area contributed by atoms with Gasteiger partial charge in [-0.2, -0.15) is 5.10 Å². The fourth-order valence-electron chi connectivity index (χ4n) is 1.61. The summed E-state index contributed by atoms with van der Waals surface area (Å²) >= 11 is 0. The van der Waals surface area contributed by atoms with Crippen LogP contribution in [0.3, 0.4) is 0 Å². The van der Waals surface area contributed by atoms with E-state index < -0.39 is 0 Å². The third kappa shape index (κ3) is 2.71. The number of hydrogen-bond donors (Lipinski definition) is 0. The van der Waals surface area contributed by atoms with Crippen LogP contribution >= 0.6 is 0 Å². The number of rotatable bonds is 4. The van der Waals surface area contributed by atoms with Gasteiger partial charge in [0, 0.05) is 31.4 Å². The van der Waals surface area contributed by atoms with E-state index in [1.54, 1.807) is 17.1 Å². The average molecular weight is 246 g/mol. The lowest BCUT2D eigenvalue weighted by Gasteiger charge is -1.97. The monoisotopic (exact) mass is 246 g/mol. The first-order valence-corrected chi connectivity index (χ1v) is 5.58. The third-order valence-electron chi connectivity index (χ3n) is 2.53. The highest BCUT2D eigenvalue weighted by Gasteiger charge is 2.10. The van der Waals surface area contributed by atoms with Gasteiger partial charge in [-0.1, -0.05) is 0 Å². The Morgan fingerprint density at radius 3 is 2.78 bits per heavy atom. The number of nitrogens with zero attached hydrogens (tertiary/aromatic N) is 4. The summed E-state index contributed by atoms with van der Waals surface area (Å²) in [5.41, 5.74) is 0.948. The Morgan fingerprint density at radius 2 is 2.11 bits per heavy atom. The van der Waals surface area contributed by atoms with Crippen molar-refractivity contribution in [2.45, 2.75) is 12.8 Å². The molecule has 0 fully saturated rings. The van der Waals surface area contributed by atoms with Gasteiger partial charge >= 0.3 is 5.97 Å². The Labute approximate surface area is 105 Å². The Kier molecular flexibility index (Phi) is 3.66. The van der Waals surface area contributed by atoms with Crippen molar-refractivity contribution in [2.24, 2.45) is 7.05 Å². The molecule has 0 aromatic carbocycles. The lowest BCUT2D eigenvalue weighted by atomic mass is 10.2. The maximum absolute atomic E-state index is 11.1. The summed E-state index contributed by atoms with van der Waals surface area (Å²) in [4.78, 5) is 19.4. The SMILES string of the molecule is COC(=O)CCc1nc(-c2ccncc2)n(C)n1. The molecule has 0 aliphatic heterocycles. The van der Waals surface area contributed by atoms with E-state index in [1.807, 2.05) is 19.2 Å². The van der Waals surface area contributed by atoms with E-state index in [0.717, 1.165) is 11.4 Å². The molecule has 0 unspecified atom stereocenters.